The summed E-state index contributed by atoms with van der Waals surface area (Å²) in [5.74, 6) is 0. The number of rotatable bonds is 8. The van der Waals surface area contributed by atoms with Crippen LogP contribution in [-0.4, -0.2) is 169 Å². The van der Waals surface area contributed by atoms with Crippen molar-refractivity contribution in [3.63, 3.8) is 0 Å². The highest BCUT2D eigenvalue weighted by Crippen LogP contribution is 2.34. The summed E-state index contributed by atoms with van der Waals surface area (Å²) < 4.78 is 41.3. The number of hydrogen-bond acceptors (Lipinski definition) is 18. The number of aliphatic hydroxyl groups excluding tert-OH is 5. The van der Waals surface area contributed by atoms with E-state index in [2.05, 4.69) is 5.32 Å². The van der Waals surface area contributed by atoms with E-state index in [1.54, 1.807) is 7.05 Å². The highest BCUT2D eigenvalue weighted by Gasteiger charge is 2.52. The zero-order valence-electron chi connectivity index (χ0n) is 24.0. The minimum Gasteiger partial charge on any atom is -0.389 e. The van der Waals surface area contributed by atoms with Crippen LogP contribution in [0.5, 0.6) is 0 Å². The molecule has 4 heterocycles. The molecular formula is C25H48N6O12. The van der Waals surface area contributed by atoms with Gasteiger partial charge in [-0.15, -0.1) is 0 Å². The van der Waals surface area contributed by atoms with Gasteiger partial charge < -0.3 is 92.7 Å². The Morgan fingerprint density at radius 2 is 1.42 bits per heavy atom. The van der Waals surface area contributed by atoms with E-state index in [4.69, 9.17) is 61.8 Å². The second-order valence-electron chi connectivity index (χ2n) is 12.1. The van der Waals surface area contributed by atoms with Gasteiger partial charge in [-0.1, -0.05) is 0 Å². The average Bonchev–Trinajstić information content (AvgIpc) is 3.32. The first-order valence-electron chi connectivity index (χ1n) is 14.8. The highest BCUT2D eigenvalue weighted by molar-refractivity contribution is 5.02. The van der Waals surface area contributed by atoms with E-state index in [0.717, 1.165) is 0 Å². The third-order valence-corrected chi connectivity index (χ3v) is 9.14. The smallest absolute Gasteiger partial charge is 0.186 e. The maximum atomic E-state index is 11.0. The van der Waals surface area contributed by atoms with Crippen LogP contribution in [0, 0.1) is 0 Å². The topological polar surface area (TPSA) is 308 Å². The second-order valence-corrected chi connectivity index (χ2v) is 12.1. The fourth-order valence-electron chi connectivity index (χ4n) is 6.42. The van der Waals surface area contributed by atoms with Crippen molar-refractivity contribution in [1.29, 1.82) is 0 Å². The van der Waals surface area contributed by atoms with Crippen molar-refractivity contribution >= 4 is 0 Å². The van der Waals surface area contributed by atoms with Gasteiger partial charge in [-0.25, -0.2) is 0 Å². The second kappa shape index (κ2) is 14.0. The number of nitrogens with two attached hydrogens (primary N) is 5. The normalized spacial score (nSPS) is 54.3. The van der Waals surface area contributed by atoms with Gasteiger partial charge in [-0.05, 0) is 19.9 Å². The number of fused-ring (bicyclic) bond motifs is 1. The van der Waals surface area contributed by atoms with Crippen molar-refractivity contribution in [3.05, 3.63) is 0 Å². The van der Waals surface area contributed by atoms with Crippen LogP contribution in [0.1, 0.15) is 12.8 Å². The van der Waals surface area contributed by atoms with Crippen molar-refractivity contribution in [3.8, 4) is 0 Å². The van der Waals surface area contributed by atoms with E-state index in [1.165, 1.54) is 0 Å². The number of aliphatic hydroxyl groups is 5. The van der Waals surface area contributed by atoms with E-state index < -0.39 is 110 Å². The number of ether oxygens (including phenoxy) is 7. The van der Waals surface area contributed by atoms with Crippen LogP contribution in [0.2, 0.25) is 0 Å². The van der Waals surface area contributed by atoms with Gasteiger partial charge in [0.2, 0.25) is 0 Å². The Morgan fingerprint density at radius 3 is 2.12 bits per heavy atom. The highest BCUT2D eigenvalue weighted by atomic mass is 16.8. The summed E-state index contributed by atoms with van der Waals surface area (Å²) >= 11 is 0. The zero-order valence-corrected chi connectivity index (χ0v) is 24.0. The van der Waals surface area contributed by atoms with Crippen LogP contribution >= 0.6 is 0 Å². The Balaban J connectivity index is 1.25. The van der Waals surface area contributed by atoms with Crippen LogP contribution in [0.3, 0.4) is 0 Å². The van der Waals surface area contributed by atoms with E-state index in [-0.39, 0.29) is 25.6 Å². The fourth-order valence-corrected chi connectivity index (χ4v) is 6.42. The van der Waals surface area contributed by atoms with Crippen LogP contribution in [0.15, 0.2) is 0 Å². The Labute approximate surface area is 248 Å². The summed E-state index contributed by atoms with van der Waals surface area (Å²) in [6.45, 7) is 0.0534. The third kappa shape index (κ3) is 6.73. The molecule has 0 aromatic heterocycles. The van der Waals surface area contributed by atoms with Crippen LogP contribution in [-0.2, 0) is 33.2 Å². The maximum absolute atomic E-state index is 11.0. The van der Waals surface area contributed by atoms with E-state index >= 15 is 0 Å². The molecule has 19 atom stereocenters. The molecule has 0 aromatic carbocycles. The van der Waals surface area contributed by atoms with Crippen molar-refractivity contribution in [2.45, 2.75) is 129 Å². The summed E-state index contributed by atoms with van der Waals surface area (Å²) in [5.41, 5.74) is 30.6. The van der Waals surface area contributed by atoms with Gasteiger partial charge >= 0.3 is 0 Å². The fraction of sp³-hybridized carbons (Fsp3) is 1.00. The van der Waals surface area contributed by atoms with E-state index in [0.29, 0.717) is 13.0 Å². The Bertz CT molecular complexity index is 913. The lowest BCUT2D eigenvalue weighted by molar-refractivity contribution is -0.314. The maximum Gasteiger partial charge on any atom is 0.186 e. The summed E-state index contributed by atoms with van der Waals surface area (Å²) in [7, 11) is 1.71. The first kappa shape index (κ1) is 33.6. The van der Waals surface area contributed by atoms with Gasteiger partial charge in [0.15, 0.2) is 18.9 Å². The third-order valence-electron chi connectivity index (χ3n) is 9.14. The zero-order chi connectivity index (χ0) is 31.2. The lowest BCUT2D eigenvalue weighted by Gasteiger charge is -2.49. The van der Waals surface area contributed by atoms with E-state index in [1.807, 2.05) is 0 Å². The van der Waals surface area contributed by atoms with E-state index in [9.17, 15) is 25.5 Å². The van der Waals surface area contributed by atoms with Gasteiger partial charge in [-0.2, -0.15) is 0 Å². The molecule has 18 nitrogen and oxygen atoms in total. The van der Waals surface area contributed by atoms with Crippen molar-refractivity contribution in [2.24, 2.45) is 28.7 Å². The quantitative estimate of drug-likeness (QED) is 0.119. The minimum atomic E-state index is -1.39. The predicted molar refractivity (Wildman–Crippen MR) is 144 cm³/mol. The lowest BCUT2D eigenvalue weighted by atomic mass is 9.84. The van der Waals surface area contributed by atoms with Gasteiger partial charge in [0.05, 0.1) is 43.5 Å². The molecular weight excluding hydrogens is 576 g/mol. The Kier molecular flexibility index (Phi) is 10.9. The van der Waals surface area contributed by atoms with Crippen molar-refractivity contribution in [1.82, 2.24) is 5.32 Å². The summed E-state index contributed by atoms with van der Waals surface area (Å²) in [4.78, 5) is 0. The number of likely N-dealkylation sites (N-methyl/N-ethyl adjacent to an activating group) is 1. The molecule has 5 rings (SSSR count). The van der Waals surface area contributed by atoms with Crippen molar-refractivity contribution < 1.29 is 58.7 Å². The molecule has 1 unspecified atom stereocenters. The summed E-state index contributed by atoms with van der Waals surface area (Å²) in [5, 5.41) is 56.3. The minimum absolute atomic E-state index is 0.0977. The van der Waals surface area contributed by atoms with Crippen molar-refractivity contribution in [2.75, 3.05) is 26.8 Å². The molecule has 1 saturated carbocycles. The first-order valence-corrected chi connectivity index (χ1v) is 14.8. The Hall–Kier alpha value is -0.720. The van der Waals surface area contributed by atoms with Crippen LogP contribution in [0.4, 0.5) is 0 Å². The first-order chi connectivity index (χ1) is 20.4. The van der Waals surface area contributed by atoms with Gasteiger partial charge in [-0.3, -0.25) is 0 Å². The lowest BCUT2D eigenvalue weighted by Crippen LogP contribution is -2.68. The summed E-state index contributed by atoms with van der Waals surface area (Å²) in [6, 6.07) is -3.60. The molecule has 0 amide bonds. The molecule has 4 saturated heterocycles. The average molecular weight is 625 g/mol. The molecule has 4 aliphatic heterocycles. The molecule has 0 bridgehead atoms. The van der Waals surface area contributed by atoms with Gasteiger partial charge in [0.1, 0.15) is 54.9 Å². The molecule has 43 heavy (non-hydrogen) atoms. The SMILES string of the molecule is CN[C@@H]1CO[C@H]2C[C@@H](N)[C@@H](O[C@H]3[C@H](O[C@@H]4OCC(O[C@H]5O[C@@H](CN)[C@@H](O)[C@H](O)[C@H]5N)[C@@H]4O)[C@@H](O)[C@H](N)C[C@@H]3N)O[C@@H]2[C@@H]1O. The molecule has 5 aliphatic rings. The molecule has 16 N–H and O–H groups in total. The molecule has 250 valence electrons. The molecule has 5 fully saturated rings. The largest absolute Gasteiger partial charge is 0.389 e. The Morgan fingerprint density at radius 1 is 0.698 bits per heavy atom. The predicted octanol–water partition coefficient (Wildman–Crippen LogP) is -7.20. The number of nitrogens with one attached hydrogen (secondary N) is 1. The molecule has 1 aliphatic carbocycles. The monoisotopic (exact) mass is 624 g/mol. The van der Waals surface area contributed by atoms with Crippen LogP contribution < -0.4 is 34.0 Å². The molecule has 0 aromatic rings. The standard InChI is InChI=1S/C25H48N6O12/c1-31-10-5-37-11-3-9(29)23(42-21(11)16(10)33)41-20-8(28)2-7(27)15(32)22(20)43-25-18(35)13(6-38-25)40-24-14(30)19(36)17(34)12(4-26)39-24/h7-25,31-36H,2-6,26-30H2,1H3/t7-,8+,9-,10-,11+,12+,13?,14-,15+,16-,17-,18+,19-,20-,21+,22-,23+,24-,25+/m1/s1. The molecule has 0 spiro atoms. The van der Waals surface area contributed by atoms with Gasteiger partial charge in [0.25, 0.3) is 0 Å². The van der Waals surface area contributed by atoms with Crippen LogP contribution in [0.25, 0.3) is 0 Å². The summed E-state index contributed by atoms with van der Waals surface area (Å²) in [6.07, 6.45) is -14.4. The molecule has 18 heteroatoms. The van der Waals surface area contributed by atoms with Gasteiger partial charge in [0, 0.05) is 18.6 Å². The molecule has 0 radical (unpaired) electrons. The number of hydrogen-bond donors (Lipinski definition) is 11.